The molecule has 4 heteroatoms. The normalized spacial score (nSPS) is 8.71. The number of methoxy groups -OCH3 is 1. The third kappa shape index (κ3) is 3.25. The number of ether oxygens (including phenoxy) is 1. The quantitative estimate of drug-likeness (QED) is 0.631. The van der Waals surface area contributed by atoms with Gasteiger partial charge < -0.3 is 10.1 Å². The number of nitrogens with one attached hydrogen (secondary N) is 1. The molecule has 86 valence electrons. The first-order valence-corrected chi connectivity index (χ1v) is 5.09. The Balaban J connectivity index is 2.81. The molecule has 0 amide bonds. The second-order valence-corrected chi connectivity index (χ2v) is 3.41. The summed E-state index contributed by atoms with van der Waals surface area (Å²) in [6.45, 7) is 2.52. The molecule has 0 unspecified atom stereocenters. The van der Waals surface area contributed by atoms with Crippen LogP contribution in [0.25, 0.3) is 0 Å². The lowest BCUT2D eigenvalue weighted by Crippen LogP contribution is -2.16. The summed E-state index contributed by atoms with van der Waals surface area (Å²) in [7, 11) is 1.43. The van der Waals surface area contributed by atoms with Gasteiger partial charge in [-0.3, -0.25) is 0 Å². The molecule has 0 aliphatic carbocycles. The van der Waals surface area contributed by atoms with Crippen LogP contribution in [-0.4, -0.2) is 7.11 Å². The van der Waals surface area contributed by atoms with Crippen molar-refractivity contribution in [3.63, 3.8) is 0 Å². The smallest absolute Gasteiger partial charge is 0.216 e. The fourth-order valence-electron chi connectivity index (χ4n) is 1.37. The van der Waals surface area contributed by atoms with Gasteiger partial charge in [-0.25, -0.2) is 0 Å². The molecule has 1 rings (SSSR count). The van der Waals surface area contributed by atoms with Crippen LogP contribution in [0.1, 0.15) is 11.1 Å². The molecule has 0 heterocycles. The average Bonchev–Trinajstić information content (AvgIpc) is 2.36. The molecule has 0 aliphatic rings. The first-order chi connectivity index (χ1) is 8.22. The maximum absolute atomic E-state index is 8.73. The molecule has 1 aromatic rings. The standard InChI is InChI=1S/C13H13N3O/c1-10-5-3-4-6-11(10)9-16-13(17-2)12(7-14)8-15/h3-6,16H,9H2,1-2H3. The monoisotopic (exact) mass is 227 g/mol. The van der Waals surface area contributed by atoms with Crippen molar-refractivity contribution >= 4 is 0 Å². The molecule has 17 heavy (non-hydrogen) atoms. The maximum Gasteiger partial charge on any atom is 0.216 e. The summed E-state index contributed by atoms with van der Waals surface area (Å²) >= 11 is 0. The predicted octanol–water partition coefficient (Wildman–Crippen LogP) is 1.99. The van der Waals surface area contributed by atoms with Gasteiger partial charge in [-0.05, 0) is 18.1 Å². The van der Waals surface area contributed by atoms with E-state index in [4.69, 9.17) is 15.3 Å². The van der Waals surface area contributed by atoms with Crippen molar-refractivity contribution in [2.45, 2.75) is 13.5 Å². The molecule has 0 radical (unpaired) electrons. The molecule has 0 atom stereocenters. The van der Waals surface area contributed by atoms with E-state index in [1.807, 2.05) is 31.2 Å². The van der Waals surface area contributed by atoms with Crippen molar-refractivity contribution < 1.29 is 4.74 Å². The van der Waals surface area contributed by atoms with Gasteiger partial charge in [0.15, 0.2) is 5.57 Å². The molecule has 0 aromatic heterocycles. The summed E-state index contributed by atoms with van der Waals surface area (Å²) in [4.78, 5) is 0. The molecule has 1 N–H and O–H groups in total. The van der Waals surface area contributed by atoms with Gasteiger partial charge in [0.2, 0.25) is 5.88 Å². The van der Waals surface area contributed by atoms with Crippen LogP contribution in [0, 0.1) is 29.6 Å². The Bertz CT molecular complexity index is 490. The predicted molar refractivity (Wildman–Crippen MR) is 63.3 cm³/mol. The fraction of sp³-hybridized carbons (Fsp3) is 0.231. The van der Waals surface area contributed by atoms with Crippen LogP contribution in [0.4, 0.5) is 0 Å². The molecule has 0 bridgehead atoms. The zero-order chi connectivity index (χ0) is 12.7. The first-order valence-electron chi connectivity index (χ1n) is 5.09. The number of hydrogen-bond acceptors (Lipinski definition) is 4. The van der Waals surface area contributed by atoms with Gasteiger partial charge in [-0.1, -0.05) is 24.3 Å². The van der Waals surface area contributed by atoms with Gasteiger partial charge in [0, 0.05) is 6.54 Å². The highest BCUT2D eigenvalue weighted by atomic mass is 16.5. The van der Waals surface area contributed by atoms with Gasteiger partial charge in [0.1, 0.15) is 12.1 Å². The molecule has 4 nitrogen and oxygen atoms in total. The van der Waals surface area contributed by atoms with Crippen LogP contribution in [0.5, 0.6) is 0 Å². The Kier molecular flexibility index (Phi) is 4.59. The average molecular weight is 227 g/mol. The summed E-state index contributed by atoms with van der Waals surface area (Å²) in [5.74, 6) is 0.207. The van der Waals surface area contributed by atoms with Crippen molar-refractivity contribution in [2.75, 3.05) is 7.11 Å². The van der Waals surface area contributed by atoms with E-state index in [2.05, 4.69) is 5.32 Å². The number of nitriles is 2. The van der Waals surface area contributed by atoms with E-state index in [0.717, 1.165) is 11.1 Å². The van der Waals surface area contributed by atoms with Gasteiger partial charge in [-0.15, -0.1) is 0 Å². The zero-order valence-corrected chi connectivity index (χ0v) is 9.82. The Morgan fingerprint density at radius 3 is 2.47 bits per heavy atom. The van der Waals surface area contributed by atoms with Crippen molar-refractivity contribution in [1.82, 2.24) is 5.32 Å². The van der Waals surface area contributed by atoms with Crippen molar-refractivity contribution in [2.24, 2.45) is 0 Å². The lowest BCUT2D eigenvalue weighted by Gasteiger charge is -2.10. The van der Waals surface area contributed by atoms with Crippen LogP contribution in [0.15, 0.2) is 35.7 Å². The van der Waals surface area contributed by atoms with E-state index in [9.17, 15) is 0 Å². The molecule has 0 aliphatic heterocycles. The van der Waals surface area contributed by atoms with E-state index in [1.165, 1.54) is 7.11 Å². The van der Waals surface area contributed by atoms with E-state index in [-0.39, 0.29) is 11.5 Å². The minimum absolute atomic E-state index is 0.0546. The maximum atomic E-state index is 8.73. The van der Waals surface area contributed by atoms with Crippen LogP contribution in [0.3, 0.4) is 0 Å². The molecule has 0 fully saturated rings. The number of benzene rings is 1. The number of hydrogen-bond donors (Lipinski definition) is 1. The zero-order valence-electron chi connectivity index (χ0n) is 9.82. The minimum Gasteiger partial charge on any atom is -0.481 e. The Morgan fingerprint density at radius 2 is 1.94 bits per heavy atom. The molecular formula is C13H13N3O. The lowest BCUT2D eigenvalue weighted by atomic mass is 10.1. The van der Waals surface area contributed by atoms with Crippen LogP contribution in [-0.2, 0) is 11.3 Å². The van der Waals surface area contributed by atoms with Crippen LogP contribution < -0.4 is 5.32 Å². The second-order valence-electron chi connectivity index (χ2n) is 3.41. The highest BCUT2D eigenvalue weighted by molar-refractivity contribution is 5.37. The number of allylic oxidation sites excluding steroid dienone is 1. The third-order valence-electron chi connectivity index (χ3n) is 2.36. The topological polar surface area (TPSA) is 68.8 Å². The third-order valence-corrected chi connectivity index (χ3v) is 2.36. The number of rotatable bonds is 4. The molecule has 1 aromatic carbocycles. The summed E-state index contributed by atoms with van der Waals surface area (Å²) in [5, 5.41) is 20.4. The van der Waals surface area contributed by atoms with Gasteiger partial charge in [0.05, 0.1) is 7.11 Å². The highest BCUT2D eigenvalue weighted by Gasteiger charge is 2.06. The molecular weight excluding hydrogens is 214 g/mol. The SMILES string of the molecule is COC(NCc1ccccc1C)=C(C#N)C#N. The molecule has 0 spiro atoms. The lowest BCUT2D eigenvalue weighted by molar-refractivity contribution is 0.258. The second kappa shape index (κ2) is 6.19. The number of aryl methyl sites for hydroxylation is 1. The van der Waals surface area contributed by atoms with E-state index < -0.39 is 0 Å². The summed E-state index contributed by atoms with van der Waals surface area (Å²) < 4.78 is 4.98. The molecule has 0 saturated heterocycles. The first kappa shape index (κ1) is 12.6. The van der Waals surface area contributed by atoms with Crippen molar-refractivity contribution in [3.8, 4) is 12.1 Å². The van der Waals surface area contributed by atoms with Crippen LogP contribution in [0.2, 0.25) is 0 Å². The van der Waals surface area contributed by atoms with Crippen LogP contribution >= 0.6 is 0 Å². The van der Waals surface area contributed by atoms with Gasteiger partial charge in [-0.2, -0.15) is 10.5 Å². The van der Waals surface area contributed by atoms with E-state index in [0.29, 0.717) is 6.54 Å². The summed E-state index contributed by atoms with van der Waals surface area (Å²) in [6.07, 6.45) is 0. The van der Waals surface area contributed by atoms with E-state index in [1.54, 1.807) is 12.1 Å². The van der Waals surface area contributed by atoms with E-state index >= 15 is 0 Å². The Hall–Kier alpha value is -2.46. The summed E-state index contributed by atoms with van der Waals surface area (Å²) in [5.41, 5.74) is 2.18. The number of nitrogens with zero attached hydrogens (tertiary/aromatic N) is 2. The molecule has 0 saturated carbocycles. The van der Waals surface area contributed by atoms with Gasteiger partial charge >= 0.3 is 0 Å². The Labute approximate surface area is 101 Å². The van der Waals surface area contributed by atoms with Crippen molar-refractivity contribution in [3.05, 3.63) is 46.8 Å². The van der Waals surface area contributed by atoms with Gasteiger partial charge in [0.25, 0.3) is 0 Å². The van der Waals surface area contributed by atoms with Crippen molar-refractivity contribution in [1.29, 1.82) is 10.5 Å². The Morgan fingerprint density at radius 1 is 1.29 bits per heavy atom. The summed E-state index contributed by atoms with van der Waals surface area (Å²) in [6, 6.07) is 11.5. The fourth-order valence-corrected chi connectivity index (χ4v) is 1.37. The largest absolute Gasteiger partial charge is 0.481 e. The minimum atomic E-state index is -0.0546. The highest BCUT2D eigenvalue weighted by Crippen LogP contribution is 2.08.